The second kappa shape index (κ2) is 7.80. The lowest BCUT2D eigenvalue weighted by Gasteiger charge is -2.15. The lowest BCUT2D eigenvalue weighted by Crippen LogP contribution is -2.31. The molecule has 0 bridgehead atoms. The molecule has 0 unspecified atom stereocenters. The van der Waals surface area contributed by atoms with Gasteiger partial charge < -0.3 is 10.6 Å². The van der Waals surface area contributed by atoms with Gasteiger partial charge in [-0.2, -0.15) is 0 Å². The van der Waals surface area contributed by atoms with Crippen molar-refractivity contribution in [3.63, 3.8) is 0 Å². The minimum Gasteiger partial charge on any atom is -0.374 e. The summed E-state index contributed by atoms with van der Waals surface area (Å²) in [4.78, 5) is 16.8. The van der Waals surface area contributed by atoms with Gasteiger partial charge >= 0.3 is 0 Å². The van der Waals surface area contributed by atoms with Crippen LogP contribution in [-0.4, -0.2) is 16.9 Å². The summed E-state index contributed by atoms with van der Waals surface area (Å²) >= 11 is 5.02. The van der Waals surface area contributed by atoms with Crippen LogP contribution in [0, 0.1) is 6.92 Å². The Labute approximate surface area is 159 Å². The number of anilines is 2. The van der Waals surface area contributed by atoms with Crippen molar-refractivity contribution in [1.82, 2.24) is 4.98 Å². The van der Waals surface area contributed by atoms with E-state index in [1.807, 2.05) is 67.8 Å². The fourth-order valence-electron chi connectivity index (χ4n) is 2.33. The summed E-state index contributed by atoms with van der Waals surface area (Å²) in [5.74, 6) is -0.0819. The van der Waals surface area contributed by atoms with Crippen molar-refractivity contribution in [3.05, 3.63) is 63.4 Å². The molecule has 0 aliphatic rings. The van der Waals surface area contributed by atoms with Gasteiger partial charge in [0.1, 0.15) is 6.04 Å². The monoisotopic (exact) mass is 415 g/mol. The molecule has 0 spiro atoms. The quantitative estimate of drug-likeness (QED) is 0.592. The minimum atomic E-state index is -0.351. The van der Waals surface area contributed by atoms with Crippen LogP contribution < -0.4 is 10.6 Å². The van der Waals surface area contributed by atoms with Gasteiger partial charge in [0.05, 0.1) is 10.7 Å². The molecule has 1 aromatic heterocycles. The Hall–Kier alpha value is -2.18. The molecule has 1 atom stereocenters. The summed E-state index contributed by atoms with van der Waals surface area (Å²) in [5.41, 5.74) is 3.72. The van der Waals surface area contributed by atoms with Crippen LogP contribution in [0.1, 0.15) is 11.9 Å². The maximum atomic E-state index is 12.3. The van der Waals surface area contributed by atoms with Crippen LogP contribution in [0.4, 0.5) is 11.4 Å². The van der Waals surface area contributed by atoms with Gasteiger partial charge in [-0.25, -0.2) is 4.98 Å². The van der Waals surface area contributed by atoms with Crippen molar-refractivity contribution in [1.29, 1.82) is 0 Å². The number of aryl methyl sites for hydroxylation is 1. The Morgan fingerprint density at radius 2 is 1.72 bits per heavy atom. The summed E-state index contributed by atoms with van der Waals surface area (Å²) in [6.07, 6.45) is 0. The van der Waals surface area contributed by atoms with Gasteiger partial charge in [0.15, 0.2) is 0 Å². The lowest BCUT2D eigenvalue weighted by molar-refractivity contribution is -0.116. The van der Waals surface area contributed by atoms with E-state index in [2.05, 4.69) is 31.5 Å². The first-order valence-corrected chi connectivity index (χ1v) is 9.54. The molecule has 0 radical (unpaired) electrons. The first-order chi connectivity index (χ1) is 12.0. The van der Waals surface area contributed by atoms with Gasteiger partial charge in [-0.1, -0.05) is 28.1 Å². The molecule has 2 aromatic carbocycles. The topological polar surface area (TPSA) is 54.0 Å². The number of aromatic nitrogens is 1. The predicted octanol–water partition coefficient (Wildman–Crippen LogP) is 5.32. The number of nitrogens with zero attached hydrogens (tertiary/aromatic N) is 1. The van der Waals surface area contributed by atoms with Crippen LogP contribution in [0.15, 0.2) is 58.4 Å². The van der Waals surface area contributed by atoms with Crippen LogP contribution >= 0.6 is 27.3 Å². The Morgan fingerprint density at radius 1 is 1.08 bits per heavy atom. The Morgan fingerprint density at radius 3 is 2.32 bits per heavy atom. The number of halogens is 1. The number of thiazole rings is 1. The van der Waals surface area contributed by atoms with E-state index in [1.54, 1.807) is 11.3 Å². The second-order valence-electron chi connectivity index (χ2n) is 5.69. The number of hydrogen-bond acceptors (Lipinski definition) is 4. The molecule has 0 aliphatic carbocycles. The van der Waals surface area contributed by atoms with E-state index in [9.17, 15) is 4.79 Å². The van der Waals surface area contributed by atoms with E-state index in [1.165, 1.54) is 0 Å². The molecule has 25 heavy (non-hydrogen) atoms. The molecule has 1 amide bonds. The third kappa shape index (κ3) is 4.67. The fourth-order valence-corrected chi connectivity index (χ4v) is 3.22. The van der Waals surface area contributed by atoms with Crippen LogP contribution in [0.3, 0.4) is 0 Å². The Bertz CT molecular complexity index is 859. The van der Waals surface area contributed by atoms with Crippen LogP contribution in [0.25, 0.3) is 11.3 Å². The third-order valence-electron chi connectivity index (χ3n) is 3.69. The maximum absolute atomic E-state index is 12.3. The van der Waals surface area contributed by atoms with E-state index in [4.69, 9.17) is 0 Å². The number of hydrogen-bond donors (Lipinski definition) is 2. The van der Waals surface area contributed by atoms with Gasteiger partial charge in [0.25, 0.3) is 0 Å². The van der Waals surface area contributed by atoms with Gasteiger partial charge in [-0.3, -0.25) is 4.79 Å². The van der Waals surface area contributed by atoms with Crippen molar-refractivity contribution in [2.75, 3.05) is 10.6 Å². The zero-order valence-electron chi connectivity index (χ0n) is 13.9. The van der Waals surface area contributed by atoms with Crippen LogP contribution in [0.2, 0.25) is 0 Å². The zero-order chi connectivity index (χ0) is 17.8. The highest BCUT2D eigenvalue weighted by atomic mass is 79.9. The maximum Gasteiger partial charge on any atom is 0.246 e. The lowest BCUT2D eigenvalue weighted by atomic mass is 10.1. The molecule has 0 saturated heterocycles. The predicted molar refractivity (Wildman–Crippen MR) is 108 cm³/mol. The number of amides is 1. The third-order valence-corrected chi connectivity index (χ3v) is 4.99. The average molecular weight is 416 g/mol. The molecular formula is C19H18BrN3OS. The highest BCUT2D eigenvalue weighted by Crippen LogP contribution is 2.23. The Balaban J connectivity index is 1.61. The van der Waals surface area contributed by atoms with Crippen LogP contribution in [-0.2, 0) is 4.79 Å². The first kappa shape index (κ1) is 17.6. The SMILES string of the molecule is Cc1nc(-c2ccc(N[C@H](C)C(=O)Nc3ccc(Br)cc3)cc2)cs1. The van der Waals surface area contributed by atoms with Gasteiger partial charge in [-0.15, -0.1) is 11.3 Å². The summed E-state index contributed by atoms with van der Waals surface area (Å²) in [6, 6.07) is 15.1. The molecule has 6 heteroatoms. The summed E-state index contributed by atoms with van der Waals surface area (Å²) < 4.78 is 0.979. The number of nitrogens with one attached hydrogen (secondary N) is 2. The second-order valence-corrected chi connectivity index (χ2v) is 7.67. The van der Waals surface area contributed by atoms with Crippen molar-refractivity contribution >= 4 is 44.5 Å². The summed E-state index contributed by atoms with van der Waals surface area (Å²) in [5, 5.41) is 9.22. The molecule has 4 nitrogen and oxygen atoms in total. The highest BCUT2D eigenvalue weighted by molar-refractivity contribution is 9.10. The summed E-state index contributed by atoms with van der Waals surface area (Å²) in [7, 11) is 0. The van der Waals surface area contributed by atoms with Gasteiger partial charge in [-0.05, 0) is 50.2 Å². The summed E-state index contributed by atoms with van der Waals surface area (Å²) in [6.45, 7) is 3.84. The standard InChI is InChI=1S/C19H18BrN3OS/c1-12(19(24)23-17-9-5-15(20)6-10-17)21-16-7-3-14(4-8-16)18-11-25-13(2)22-18/h3-12,21H,1-2H3,(H,23,24)/t12-/m1/s1. The van der Waals surface area contributed by atoms with Gasteiger partial charge in [0.2, 0.25) is 5.91 Å². The molecule has 3 rings (SSSR count). The van der Waals surface area contributed by atoms with E-state index >= 15 is 0 Å². The number of benzene rings is 2. The number of carbonyl (C=O) groups is 1. The number of rotatable bonds is 5. The van der Waals surface area contributed by atoms with Crippen LogP contribution in [0.5, 0.6) is 0 Å². The molecule has 0 fully saturated rings. The minimum absolute atomic E-state index is 0.0819. The van der Waals surface area contributed by atoms with E-state index in [0.29, 0.717) is 0 Å². The Kier molecular flexibility index (Phi) is 5.50. The smallest absolute Gasteiger partial charge is 0.246 e. The largest absolute Gasteiger partial charge is 0.374 e. The molecule has 0 aliphatic heterocycles. The molecule has 2 N–H and O–H groups in total. The zero-order valence-corrected chi connectivity index (χ0v) is 16.3. The van der Waals surface area contributed by atoms with Gasteiger partial charge in [0, 0.05) is 26.8 Å². The molecule has 128 valence electrons. The van der Waals surface area contributed by atoms with Crippen molar-refractivity contribution in [3.8, 4) is 11.3 Å². The van der Waals surface area contributed by atoms with E-state index in [0.717, 1.165) is 32.1 Å². The van der Waals surface area contributed by atoms with E-state index in [-0.39, 0.29) is 11.9 Å². The molecule has 1 heterocycles. The number of carbonyl (C=O) groups excluding carboxylic acids is 1. The van der Waals surface area contributed by atoms with Crippen molar-refractivity contribution < 1.29 is 4.79 Å². The van der Waals surface area contributed by atoms with Crippen molar-refractivity contribution in [2.24, 2.45) is 0 Å². The fraction of sp³-hybridized carbons (Fsp3) is 0.158. The average Bonchev–Trinajstić information content (AvgIpc) is 3.04. The first-order valence-electron chi connectivity index (χ1n) is 7.87. The molecule has 3 aromatic rings. The normalized spacial score (nSPS) is 11.8. The molecule has 0 saturated carbocycles. The van der Waals surface area contributed by atoms with E-state index < -0.39 is 0 Å². The highest BCUT2D eigenvalue weighted by Gasteiger charge is 2.13. The molecular weight excluding hydrogens is 398 g/mol. The van der Waals surface area contributed by atoms with Crippen molar-refractivity contribution in [2.45, 2.75) is 19.9 Å².